The molecule has 25 heavy (non-hydrogen) atoms. The third-order valence-electron chi connectivity index (χ3n) is 6.37. The second kappa shape index (κ2) is 7.27. The quantitative estimate of drug-likeness (QED) is 0.412. The Morgan fingerprint density at radius 1 is 1.52 bits per heavy atom. The molecule has 4 rings (SSSR count). The predicted octanol–water partition coefficient (Wildman–Crippen LogP) is 3.26. The summed E-state index contributed by atoms with van der Waals surface area (Å²) in [4.78, 5) is 6.71. The van der Waals surface area contributed by atoms with E-state index in [1.54, 1.807) is 0 Å². The molecule has 1 saturated heterocycles. The Hall–Kier alpha value is -0.470. The fourth-order valence-corrected chi connectivity index (χ4v) is 5.25. The van der Waals surface area contributed by atoms with Gasteiger partial charge in [0.25, 0.3) is 0 Å². The van der Waals surface area contributed by atoms with Gasteiger partial charge >= 0.3 is 0 Å². The smallest absolute Gasteiger partial charge is 0.193 e. The van der Waals surface area contributed by atoms with Gasteiger partial charge in [-0.1, -0.05) is 18.0 Å². The molecular weight excluding hydrogens is 451 g/mol. The Labute approximate surface area is 172 Å². The lowest BCUT2D eigenvalue weighted by molar-refractivity contribution is -0.171. The molecule has 1 aliphatic heterocycles. The van der Waals surface area contributed by atoms with E-state index >= 15 is 0 Å². The molecular formula is C18H28ClIN4O. The number of nitrogens with one attached hydrogen (secondary N) is 1. The van der Waals surface area contributed by atoms with Crippen molar-refractivity contribution in [1.82, 2.24) is 14.8 Å². The molecule has 3 fully saturated rings. The van der Waals surface area contributed by atoms with Crippen LogP contribution in [0.1, 0.15) is 31.4 Å². The number of hydrogen-bond acceptors (Lipinski definition) is 2. The first kappa shape index (κ1) is 19.3. The van der Waals surface area contributed by atoms with E-state index in [1.165, 1.54) is 31.4 Å². The van der Waals surface area contributed by atoms with Crippen LogP contribution < -0.4 is 5.32 Å². The van der Waals surface area contributed by atoms with Gasteiger partial charge in [0.1, 0.15) is 0 Å². The van der Waals surface area contributed by atoms with Crippen LogP contribution in [-0.2, 0) is 18.3 Å². The summed E-state index contributed by atoms with van der Waals surface area (Å²) in [7, 11) is 5.98. The number of aryl methyl sites for hydroxylation is 1. The molecule has 3 unspecified atom stereocenters. The van der Waals surface area contributed by atoms with Crippen molar-refractivity contribution in [2.24, 2.45) is 23.4 Å². The van der Waals surface area contributed by atoms with Gasteiger partial charge < -0.3 is 19.5 Å². The van der Waals surface area contributed by atoms with Crippen molar-refractivity contribution in [3.05, 3.63) is 23.0 Å². The van der Waals surface area contributed by atoms with Crippen molar-refractivity contribution < 1.29 is 4.74 Å². The Morgan fingerprint density at radius 3 is 2.84 bits per heavy atom. The second-order valence-electron chi connectivity index (χ2n) is 7.62. The monoisotopic (exact) mass is 478 g/mol. The number of guanidine groups is 1. The van der Waals surface area contributed by atoms with Crippen molar-refractivity contribution >= 4 is 41.5 Å². The summed E-state index contributed by atoms with van der Waals surface area (Å²) in [5.74, 6) is 1.62. The van der Waals surface area contributed by atoms with E-state index in [-0.39, 0.29) is 24.0 Å². The highest BCUT2D eigenvalue weighted by Gasteiger charge is 2.66. The van der Waals surface area contributed by atoms with E-state index < -0.39 is 0 Å². The van der Waals surface area contributed by atoms with Gasteiger partial charge in [0.15, 0.2) is 5.96 Å². The molecule has 1 aromatic heterocycles. The first-order chi connectivity index (χ1) is 11.5. The van der Waals surface area contributed by atoms with Crippen LogP contribution >= 0.6 is 35.6 Å². The molecule has 140 valence electrons. The van der Waals surface area contributed by atoms with Crippen molar-refractivity contribution in [2.75, 3.05) is 20.7 Å². The van der Waals surface area contributed by atoms with Crippen LogP contribution in [0.3, 0.4) is 0 Å². The van der Waals surface area contributed by atoms with Gasteiger partial charge in [-0.2, -0.15) is 0 Å². The van der Waals surface area contributed by atoms with Crippen LogP contribution in [0.4, 0.5) is 0 Å². The minimum absolute atomic E-state index is 0. The van der Waals surface area contributed by atoms with Crippen LogP contribution in [0.25, 0.3) is 0 Å². The Bertz CT molecular complexity index is 658. The molecule has 2 heterocycles. The average molecular weight is 479 g/mol. The van der Waals surface area contributed by atoms with Crippen molar-refractivity contribution in [3.63, 3.8) is 0 Å². The molecule has 2 aliphatic carbocycles. The van der Waals surface area contributed by atoms with E-state index in [1.807, 2.05) is 26.4 Å². The van der Waals surface area contributed by atoms with Gasteiger partial charge in [-0.3, -0.25) is 4.99 Å². The maximum atomic E-state index is 6.10. The molecule has 1 spiro atoms. The van der Waals surface area contributed by atoms with E-state index in [0.717, 1.165) is 24.1 Å². The van der Waals surface area contributed by atoms with Crippen LogP contribution in [0.5, 0.6) is 0 Å². The highest BCUT2D eigenvalue weighted by molar-refractivity contribution is 14.0. The fraction of sp³-hybridized carbons (Fsp3) is 0.722. The number of aromatic nitrogens is 1. The molecule has 0 amide bonds. The fourth-order valence-electron chi connectivity index (χ4n) is 4.98. The molecule has 3 aliphatic rings. The van der Waals surface area contributed by atoms with Gasteiger partial charge in [0, 0.05) is 57.0 Å². The topological polar surface area (TPSA) is 41.8 Å². The number of halogens is 2. The standard InChI is InChI=1S/C18H27ClN4O.HI/c1-20-17(23(3)11-13-9-12(19)10-22(13)2)21-15-14-5-8-24-16(14)18(15)6-4-7-18;/h9-10,14-16H,4-8,11H2,1-3H3,(H,20,21);1H. The minimum Gasteiger partial charge on any atom is -0.377 e. The Balaban J connectivity index is 0.00000182. The lowest BCUT2D eigenvalue weighted by Gasteiger charge is -2.63. The van der Waals surface area contributed by atoms with E-state index in [9.17, 15) is 0 Å². The molecule has 0 aromatic carbocycles. The van der Waals surface area contributed by atoms with Gasteiger partial charge in [-0.25, -0.2) is 0 Å². The largest absolute Gasteiger partial charge is 0.377 e. The van der Waals surface area contributed by atoms with Crippen molar-refractivity contribution in [1.29, 1.82) is 0 Å². The maximum absolute atomic E-state index is 6.10. The van der Waals surface area contributed by atoms with Crippen molar-refractivity contribution in [2.45, 2.75) is 44.4 Å². The second-order valence-corrected chi connectivity index (χ2v) is 8.05. The number of hydrogen-bond donors (Lipinski definition) is 1. The van der Waals surface area contributed by atoms with Crippen LogP contribution in [0.2, 0.25) is 5.02 Å². The highest BCUT2D eigenvalue weighted by Crippen LogP contribution is 2.62. The highest BCUT2D eigenvalue weighted by atomic mass is 127. The number of nitrogens with zero attached hydrogens (tertiary/aromatic N) is 3. The van der Waals surface area contributed by atoms with Crippen molar-refractivity contribution in [3.8, 4) is 0 Å². The Morgan fingerprint density at radius 2 is 2.28 bits per heavy atom. The average Bonchev–Trinajstić information content (AvgIpc) is 3.03. The van der Waals surface area contributed by atoms with E-state index in [2.05, 4.69) is 26.8 Å². The molecule has 1 N–H and O–H groups in total. The molecule has 7 heteroatoms. The molecule has 0 bridgehead atoms. The number of ether oxygens (including phenoxy) is 1. The first-order valence-corrected chi connectivity index (χ1v) is 9.30. The summed E-state index contributed by atoms with van der Waals surface area (Å²) < 4.78 is 8.09. The molecule has 5 nitrogen and oxygen atoms in total. The van der Waals surface area contributed by atoms with Gasteiger partial charge in [-0.05, 0) is 25.3 Å². The lowest BCUT2D eigenvalue weighted by Crippen LogP contribution is -2.72. The zero-order chi connectivity index (χ0) is 16.9. The zero-order valence-corrected chi connectivity index (χ0v) is 18.3. The van der Waals surface area contributed by atoms with Gasteiger partial charge in [0.2, 0.25) is 0 Å². The Kier molecular flexibility index (Phi) is 5.61. The summed E-state index contributed by atoms with van der Waals surface area (Å²) in [5.41, 5.74) is 1.55. The number of aliphatic imine (C=N–C) groups is 1. The summed E-state index contributed by atoms with van der Waals surface area (Å²) in [6, 6.07) is 2.53. The van der Waals surface area contributed by atoms with Gasteiger partial charge in [0.05, 0.1) is 17.7 Å². The van der Waals surface area contributed by atoms with Crippen LogP contribution in [0.15, 0.2) is 17.3 Å². The molecule has 3 atom stereocenters. The summed E-state index contributed by atoms with van der Waals surface area (Å²) in [6.45, 7) is 1.71. The summed E-state index contributed by atoms with van der Waals surface area (Å²) in [6.07, 6.45) is 7.52. The minimum atomic E-state index is 0. The molecule has 1 aromatic rings. The van der Waals surface area contributed by atoms with E-state index in [4.69, 9.17) is 16.3 Å². The summed E-state index contributed by atoms with van der Waals surface area (Å²) >= 11 is 6.10. The van der Waals surface area contributed by atoms with Gasteiger partial charge in [-0.15, -0.1) is 24.0 Å². The summed E-state index contributed by atoms with van der Waals surface area (Å²) in [5, 5.41) is 4.55. The zero-order valence-electron chi connectivity index (χ0n) is 15.2. The van der Waals surface area contributed by atoms with Crippen LogP contribution in [-0.4, -0.2) is 48.3 Å². The SMILES string of the molecule is CN=C(NC1C2CCOC2C12CCC2)N(C)Cc1cc(Cl)cn1C.I. The number of fused-ring (bicyclic) bond motifs is 2. The van der Waals surface area contributed by atoms with E-state index in [0.29, 0.717) is 23.5 Å². The molecule has 2 saturated carbocycles. The third-order valence-corrected chi connectivity index (χ3v) is 6.57. The number of rotatable bonds is 3. The normalized spacial score (nSPS) is 29.4. The lowest BCUT2D eigenvalue weighted by atomic mass is 9.46. The first-order valence-electron chi connectivity index (χ1n) is 8.92. The third kappa shape index (κ3) is 3.08. The predicted molar refractivity (Wildman–Crippen MR) is 112 cm³/mol. The van der Waals surface area contributed by atoms with Crippen LogP contribution in [0, 0.1) is 11.3 Å². The maximum Gasteiger partial charge on any atom is 0.193 e. The molecule has 0 radical (unpaired) electrons.